The van der Waals surface area contributed by atoms with Gasteiger partial charge in [0.05, 0.1) is 18.5 Å². The first-order valence-corrected chi connectivity index (χ1v) is 6.28. The molecule has 1 N–H and O–H groups in total. The lowest BCUT2D eigenvalue weighted by molar-refractivity contribution is 0.194. The molecule has 5 heteroatoms. The van der Waals surface area contributed by atoms with Crippen LogP contribution in [0.3, 0.4) is 0 Å². The molecular weight excluding hydrogens is 247 g/mol. The number of halogens is 1. The van der Waals surface area contributed by atoms with Gasteiger partial charge in [-0.1, -0.05) is 19.1 Å². The van der Waals surface area contributed by atoms with Crippen molar-refractivity contribution in [2.45, 2.75) is 32.9 Å². The number of para-hydroxylation sites is 1. The molecule has 0 saturated carbocycles. The minimum Gasteiger partial charge on any atom is -0.451 e. The van der Waals surface area contributed by atoms with Crippen LogP contribution in [0.15, 0.2) is 30.6 Å². The highest BCUT2D eigenvalue weighted by molar-refractivity contribution is 5.39. The molecule has 0 fully saturated rings. The van der Waals surface area contributed by atoms with Crippen molar-refractivity contribution < 1.29 is 14.2 Å². The fraction of sp³-hybridized carbons (Fsp3) is 0.357. The van der Waals surface area contributed by atoms with Crippen LogP contribution < -0.4 is 4.74 Å². The Morgan fingerprint density at radius 2 is 2.26 bits per heavy atom. The molecule has 1 heterocycles. The number of rotatable bonds is 5. The average Bonchev–Trinajstić information content (AvgIpc) is 2.79. The van der Waals surface area contributed by atoms with E-state index >= 15 is 0 Å². The third-order valence-corrected chi connectivity index (χ3v) is 2.73. The summed E-state index contributed by atoms with van der Waals surface area (Å²) in [6, 6.07) is 4.49. The van der Waals surface area contributed by atoms with E-state index in [9.17, 15) is 9.50 Å². The first-order valence-electron chi connectivity index (χ1n) is 6.28. The van der Waals surface area contributed by atoms with Gasteiger partial charge in [0.25, 0.3) is 0 Å². The minimum absolute atomic E-state index is 0.0496. The average molecular weight is 264 g/mol. The normalized spacial score (nSPS) is 12.4. The van der Waals surface area contributed by atoms with Crippen molar-refractivity contribution in [1.29, 1.82) is 0 Å². The molecule has 0 spiro atoms. The Labute approximate surface area is 111 Å². The third kappa shape index (κ3) is 3.12. The maximum absolute atomic E-state index is 13.8. The van der Waals surface area contributed by atoms with Crippen molar-refractivity contribution in [1.82, 2.24) is 9.78 Å². The van der Waals surface area contributed by atoms with Crippen molar-refractivity contribution in [2.24, 2.45) is 0 Å². The lowest BCUT2D eigenvalue weighted by Crippen LogP contribution is -1.98. The summed E-state index contributed by atoms with van der Waals surface area (Å²) < 4.78 is 21.0. The van der Waals surface area contributed by atoms with E-state index in [1.807, 2.05) is 6.92 Å². The Bertz CT molecular complexity index is 552. The maximum atomic E-state index is 13.8. The summed E-state index contributed by atoms with van der Waals surface area (Å²) >= 11 is 0. The molecule has 0 bridgehead atoms. The topological polar surface area (TPSA) is 47.3 Å². The van der Waals surface area contributed by atoms with Crippen LogP contribution in [0.1, 0.15) is 31.9 Å². The SMILES string of the molecule is CCCn1cc(Oc2c(F)cccc2[C@@H](C)O)cn1. The molecule has 0 aliphatic heterocycles. The molecule has 19 heavy (non-hydrogen) atoms. The molecular formula is C14H17FN2O2. The van der Waals surface area contributed by atoms with Crippen molar-refractivity contribution in [2.75, 3.05) is 0 Å². The zero-order valence-electron chi connectivity index (χ0n) is 11.0. The van der Waals surface area contributed by atoms with Gasteiger partial charge in [0.1, 0.15) is 0 Å². The Morgan fingerprint density at radius 1 is 1.47 bits per heavy atom. The van der Waals surface area contributed by atoms with Gasteiger partial charge in [0, 0.05) is 12.1 Å². The van der Waals surface area contributed by atoms with Gasteiger partial charge in [-0.3, -0.25) is 4.68 Å². The number of aliphatic hydroxyl groups excluding tert-OH is 1. The summed E-state index contributed by atoms with van der Waals surface area (Å²) in [5, 5.41) is 13.7. The van der Waals surface area contributed by atoms with Crippen molar-refractivity contribution in [3.63, 3.8) is 0 Å². The molecule has 0 radical (unpaired) electrons. The van der Waals surface area contributed by atoms with Crippen molar-refractivity contribution in [3.8, 4) is 11.5 Å². The van der Waals surface area contributed by atoms with Crippen LogP contribution in [0.5, 0.6) is 11.5 Å². The smallest absolute Gasteiger partial charge is 0.168 e. The Hall–Kier alpha value is -1.88. The monoisotopic (exact) mass is 264 g/mol. The molecule has 102 valence electrons. The van der Waals surface area contributed by atoms with Gasteiger partial charge in [-0.15, -0.1) is 0 Å². The van der Waals surface area contributed by atoms with Crippen LogP contribution in [0.25, 0.3) is 0 Å². The molecule has 0 aliphatic carbocycles. The van der Waals surface area contributed by atoms with Crippen LogP contribution in [-0.4, -0.2) is 14.9 Å². The zero-order valence-corrected chi connectivity index (χ0v) is 11.0. The van der Waals surface area contributed by atoms with Crippen LogP contribution in [0.4, 0.5) is 4.39 Å². The summed E-state index contributed by atoms with van der Waals surface area (Å²) in [7, 11) is 0. The number of hydrogen-bond acceptors (Lipinski definition) is 3. The largest absolute Gasteiger partial charge is 0.451 e. The summed E-state index contributed by atoms with van der Waals surface area (Å²) in [6.07, 6.45) is 3.41. The fourth-order valence-corrected chi connectivity index (χ4v) is 1.83. The number of aryl methyl sites for hydroxylation is 1. The van der Waals surface area contributed by atoms with Crippen molar-refractivity contribution in [3.05, 3.63) is 42.0 Å². The predicted molar refractivity (Wildman–Crippen MR) is 69.6 cm³/mol. The number of nitrogens with zero attached hydrogens (tertiary/aromatic N) is 2. The van der Waals surface area contributed by atoms with E-state index in [2.05, 4.69) is 5.10 Å². The van der Waals surface area contributed by atoms with Gasteiger partial charge in [-0.25, -0.2) is 4.39 Å². The molecule has 4 nitrogen and oxygen atoms in total. The van der Waals surface area contributed by atoms with Gasteiger partial charge >= 0.3 is 0 Å². The maximum Gasteiger partial charge on any atom is 0.168 e. The Morgan fingerprint density at radius 3 is 2.95 bits per heavy atom. The van der Waals surface area contributed by atoms with E-state index in [1.54, 1.807) is 29.9 Å². The van der Waals surface area contributed by atoms with E-state index < -0.39 is 11.9 Å². The van der Waals surface area contributed by atoms with Gasteiger partial charge in [0.15, 0.2) is 17.3 Å². The summed E-state index contributed by atoms with van der Waals surface area (Å²) in [6.45, 7) is 4.40. The molecule has 0 unspecified atom stereocenters. The van der Waals surface area contributed by atoms with Crippen LogP contribution in [0, 0.1) is 5.82 Å². The lowest BCUT2D eigenvalue weighted by Gasteiger charge is -2.12. The van der Waals surface area contributed by atoms with E-state index in [0.29, 0.717) is 11.3 Å². The van der Waals surface area contributed by atoms with Crippen molar-refractivity contribution >= 4 is 0 Å². The molecule has 1 atom stereocenters. The molecule has 0 amide bonds. The molecule has 1 aromatic heterocycles. The predicted octanol–water partition coefficient (Wildman–Crippen LogP) is 3.28. The number of aliphatic hydroxyl groups is 1. The molecule has 2 rings (SSSR count). The van der Waals surface area contributed by atoms with Crippen LogP contribution >= 0.6 is 0 Å². The van der Waals surface area contributed by atoms with Crippen LogP contribution in [0.2, 0.25) is 0 Å². The molecule has 0 aliphatic rings. The summed E-state index contributed by atoms with van der Waals surface area (Å²) in [5.41, 5.74) is 0.420. The second-order valence-electron chi connectivity index (χ2n) is 4.38. The highest BCUT2D eigenvalue weighted by Crippen LogP contribution is 2.31. The Kier molecular flexibility index (Phi) is 4.16. The second-order valence-corrected chi connectivity index (χ2v) is 4.38. The quantitative estimate of drug-likeness (QED) is 0.901. The second kappa shape index (κ2) is 5.84. The van der Waals surface area contributed by atoms with E-state index in [1.165, 1.54) is 12.3 Å². The third-order valence-electron chi connectivity index (χ3n) is 2.73. The fourth-order valence-electron chi connectivity index (χ4n) is 1.83. The van der Waals surface area contributed by atoms with Crippen LogP contribution in [-0.2, 0) is 6.54 Å². The van der Waals surface area contributed by atoms with Gasteiger partial charge < -0.3 is 9.84 Å². The number of benzene rings is 1. The van der Waals surface area contributed by atoms with E-state index in [4.69, 9.17) is 4.74 Å². The van der Waals surface area contributed by atoms with Gasteiger partial charge in [-0.05, 0) is 19.4 Å². The first kappa shape index (κ1) is 13.5. The number of aromatic nitrogens is 2. The van der Waals surface area contributed by atoms with Gasteiger partial charge in [-0.2, -0.15) is 5.10 Å². The molecule has 1 aromatic carbocycles. The van der Waals surface area contributed by atoms with Gasteiger partial charge in [0.2, 0.25) is 0 Å². The van der Waals surface area contributed by atoms with E-state index in [0.717, 1.165) is 13.0 Å². The summed E-state index contributed by atoms with van der Waals surface area (Å²) in [5.74, 6) is 0.00985. The lowest BCUT2D eigenvalue weighted by atomic mass is 10.1. The standard InChI is InChI=1S/C14H17FN2O2/c1-3-7-17-9-11(8-16-17)19-14-12(10(2)18)5-4-6-13(14)15/h4-6,8-10,18H,3,7H2,1-2H3/t10-/m1/s1. The number of hydrogen-bond donors (Lipinski definition) is 1. The first-order chi connectivity index (χ1) is 9.11. The zero-order chi connectivity index (χ0) is 13.8. The number of ether oxygens (including phenoxy) is 1. The summed E-state index contributed by atoms with van der Waals surface area (Å²) in [4.78, 5) is 0. The minimum atomic E-state index is -0.795. The highest BCUT2D eigenvalue weighted by Gasteiger charge is 2.15. The highest BCUT2D eigenvalue weighted by atomic mass is 19.1. The molecule has 0 saturated heterocycles. The molecule has 2 aromatic rings. The Balaban J connectivity index is 2.26. The van der Waals surface area contributed by atoms with E-state index in [-0.39, 0.29) is 5.75 Å².